The number of benzene rings is 2. The van der Waals surface area contributed by atoms with Gasteiger partial charge in [-0.15, -0.1) is 0 Å². The molecule has 78 valence electrons. The van der Waals surface area contributed by atoms with E-state index in [4.69, 9.17) is 5.26 Å². The second-order valence-electron chi connectivity index (χ2n) is 3.27. The van der Waals surface area contributed by atoms with Crippen LogP contribution in [0.3, 0.4) is 0 Å². The highest BCUT2D eigenvalue weighted by atomic mass is 79.9. The van der Waals surface area contributed by atoms with Crippen LogP contribution >= 0.6 is 15.9 Å². The average Bonchev–Trinajstić information content (AvgIpc) is 2.34. The van der Waals surface area contributed by atoms with Crippen LogP contribution in [-0.2, 0) is 0 Å². The largest absolute Gasteiger partial charge is 0.205 e. The first kappa shape index (κ1) is 10.8. The Bertz CT molecular complexity index is 558. The fraction of sp³-hybridized carbons (Fsp3) is 0. The van der Waals surface area contributed by atoms with Crippen LogP contribution in [0.4, 0.5) is 4.39 Å². The Labute approximate surface area is 101 Å². The minimum atomic E-state index is -0.398. The summed E-state index contributed by atoms with van der Waals surface area (Å²) in [6.45, 7) is 0. The van der Waals surface area contributed by atoms with Gasteiger partial charge in [0.1, 0.15) is 11.9 Å². The topological polar surface area (TPSA) is 23.8 Å². The quantitative estimate of drug-likeness (QED) is 0.768. The summed E-state index contributed by atoms with van der Waals surface area (Å²) in [6.07, 6.45) is 0. The fourth-order valence-corrected chi connectivity index (χ4v) is 1.91. The summed E-state index contributed by atoms with van der Waals surface area (Å²) in [6, 6.07) is 14.4. The standard InChI is InChI=1S/C13H7BrFN/c14-12-10(8-16)6-7-11(13(12)15)9-4-2-1-3-5-9/h1-7H. The lowest BCUT2D eigenvalue weighted by molar-refractivity contribution is 0.624. The van der Waals surface area contributed by atoms with E-state index in [0.717, 1.165) is 5.56 Å². The van der Waals surface area contributed by atoms with Crippen LogP contribution in [0.5, 0.6) is 0 Å². The lowest BCUT2D eigenvalue weighted by Gasteiger charge is -2.05. The summed E-state index contributed by atoms with van der Waals surface area (Å²) in [5.41, 5.74) is 1.59. The smallest absolute Gasteiger partial charge is 0.146 e. The van der Waals surface area contributed by atoms with Crippen molar-refractivity contribution in [2.24, 2.45) is 0 Å². The Balaban J connectivity index is 2.62. The molecule has 2 aromatic carbocycles. The van der Waals surface area contributed by atoms with E-state index < -0.39 is 5.82 Å². The summed E-state index contributed by atoms with van der Waals surface area (Å²) in [5.74, 6) is -0.398. The number of rotatable bonds is 1. The summed E-state index contributed by atoms with van der Waals surface area (Å²) < 4.78 is 14.2. The molecule has 3 heteroatoms. The molecule has 0 aromatic heterocycles. The zero-order valence-electron chi connectivity index (χ0n) is 8.24. The highest BCUT2D eigenvalue weighted by Gasteiger charge is 2.11. The van der Waals surface area contributed by atoms with Gasteiger partial charge >= 0.3 is 0 Å². The van der Waals surface area contributed by atoms with Crippen molar-refractivity contribution >= 4 is 15.9 Å². The van der Waals surface area contributed by atoms with Gasteiger partial charge in [-0.05, 0) is 27.6 Å². The SMILES string of the molecule is N#Cc1ccc(-c2ccccc2)c(F)c1Br. The van der Waals surface area contributed by atoms with E-state index in [2.05, 4.69) is 15.9 Å². The molecule has 0 bridgehead atoms. The Morgan fingerprint density at radius 1 is 1.06 bits per heavy atom. The van der Waals surface area contributed by atoms with Gasteiger partial charge < -0.3 is 0 Å². The molecule has 0 aliphatic rings. The molecule has 0 amide bonds. The molecule has 0 aliphatic carbocycles. The normalized spacial score (nSPS) is 9.81. The van der Waals surface area contributed by atoms with Crippen molar-refractivity contribution in [3.8, 4) is 17.2 Å². The van der Waals surface area contributed by atoms with E-state index in [1.54, 1.807) is 12.1 Å². The Kier molecular flexibility index (Phi) is 3.02. The summed E-state index contributed by atoms with van der Waals surface area (Å²) >= 11 is 3.09. The Morgan fingerprint density at radius 2 is 1.75 bits per heavy atom. The van der Waals surface area contributed by atoms with Gasteiger partial charge in [-0.25, -0.2) is 4.39 Å². The minimum absolute atomic E-state index is 0.219. The van der Waals surface area contributed by atoms with Crippen LogP contribution in [0.2, 0.25) is 0 Å². The molecule has 0 atom stereocenters. The van der Waals surface area contributed by atoms with Crippen LogP contribution < -0.4 is 0 Å². The van der Waals surface area contributed by atoms with Gasteiger partial charge in [0.2, 0.25) is 0 Å². The van der Waals surface area contributed by atoms with Crippen LogP contribution in [-0.4, -0.2) is 0 Å². The molecular weight excluding hydrogens is 269 g/mol. The molecule has 2 aromatic rings. The lowest BCUT2D eigenvalue weighted by Crippen LogP contribution is -1.89. The molecule has 0 N–H and O–H groups in total. The molecule has 0 radical (unpaired) electrons. The molecule has 0 spiro atoms. The van der Waals surface area contributed by atoms with Crippen molar-refractivity contribution < 1.29 is 4.39 Å². The first-order valence-electron chi connectivity index (χ1n) is 4.67. The van der Waals surface area contributed by atoms with E-state index in [1.165, 1.54) is 0 Å². The number of halogens is 2. The monoisotopic (exact) mass is 275 g/mol. The third kappa shape index (κ3) is 1.84. The van der Waals surface area contributed by atoms with E-state index in [1.807, 2.05) is 36.4 Å². The highest BCUT2D eigenvalue weighted by Crippen LogP contribution is 2.30. The maximum atomic E-state index is 13.9. The van der Waals surface area contributed by atoms with Gasteiger partial charge in [-0.1, -0.05) is 36.4 Å². The molecule has 0 heterocycles. The van der Waals surface area contributed by atoms with E-state index in [0.29, 0.717) is 11.1 Å². The van der Waals surface area contributed by atoms with Crippen LogP contribution in [0.15, 0.2) is 46.9 Å². The van der Waals surface area contributed by atoms with Gasteiger partial charge in [-0.2, -0.15) is 5.26 Å². The van der Waals surface area contributed by atoms with Gasteiger partial charge in [0, 0.05) is 5.56 Å². The second kappa shape index (κ2) is 4.46. The highest BCUT2D eigenvalue weighted by molar-refractivity contribution is 9.10. The van der Waals surface area contributed by atoms with Gasteiger partial charge in [-0.3, -0.25) is 0 Å². The van der Waals surface area contributed by atoms with Crippen molar-refractivity contribution in [2.75, 3.05) is 0 Å². The molecule has 1 nitrogen and oxygen atoms in total. The van der Waals surface area contributed by atoms with Gasteiger partial charge in [0.15, 0.2) is 0 Å². The zero-order valence-corrected chi connectivity index (χ0v) is 9.83. The number of hydrogen-bond donors (Lipinski definition) is 0. The average molecular weight is 276 g/mol. The summed E-state index contributed by atoms with van der Waals surface area (Å²) in [5, 5.41) is 8.76. The molecule has 16 heavy (non-hydrogen) atoms. The molecule has 0 unspecified atom stereocenters. The second-order valence-corrected chi connectivity index (χ2v) is 4.06. The van der Waals surface area contributed by atoms with Crippen molar-refractivity contribution in [1.82, 2.24) is 0 Å². The first-order valence-corrected chi connectivity index (χ1v) is 5.47. The van der Waals surface area contributed by atoms with Crippen molar-refractivity contribution in [3.63, 3.8) is 0 Å². The molecule has 0 saturated heterocycles. The van der Waals surface area contributed by atoms with Crippen molar-refractivity contribution in [2.45, 2.75) is 0 Å². The molecule has 0 aliphatic heterocycles. The predicted molar refractivity (Wildman–Crippen MR) is 64.3 cm³/mol. The zero-order chi connectivity index (χ0) is 11.5. The van der Waals surface area contributed by atoms with Crippen molar-refractivity contribution in [1.29, 1.82) is 5.26 Å². The van der Waals surface area contributed by atoms with Crippen molar-refractivity contribution in [3.05, 3.63) is 58.3 Å². The maximum absolute atomic E-state index is 13.9. The van der Waals surface area contributed by atoms with Gasteiger partial charge in [0.05, 0.1) is 10.0 Å². The van der Waals surface area contributed by atoms with Gasteiger partial charge in [0.25, 0.3) is 0 Å². The van der Waals surface area contributed by atoms with Crippen LogP contribution in [0.25, 0.3) is 11.1 Å². The molecular formula is C13H7BrFN. The number of nitriles is 1. The molecule has 0 fully saturated rings. The summed E-state index contributed by atoms with van der Waals surface area (Å²) in [4.78, 5) is 0. The summed E-state index contributed by atoms with van der Waals surface area (Å²) in [7, 11) is 0. The predicted octanol–water partition coefficient (Wildman–Crippen LogP) is 4.13. The maximum Gasteiger partial charge on any atom is 0.146 e. The van der Waals surface area contributed by atoms with Crippen LogP contribution in [0, 0.1) is 17.1 Å². The number of nitrogens with zero attached hydrogens (tertiary/aromatic N) is 1. The third-order valence-corrected chi connectivity index (χ3v) is 3.06. The Hall–Kier alpha value is -1.66. The van der Waals surface area contributed by atoms with Crippen LogP contribution in [0.1, 0.15) is 5.56 Å². The number of hydrogen-bond acceptors (Lipinski definition) is 1. The molecule has 0 saturated carbocycles. The molecule has 2 rings (SSSR count). The Morgan fingerprint density at radius 3 is 2.38 bits per heavy atom. The fourth-order valence-electron chi connectivity index (χ4n) is 1.48. The first-order chi connectivity index (χ1) is 7.74. The third-order valence-electron chi connectivity index (χ3n) is 2.29. The lowest BCUT2D eigenvalue weighted by atomic mass is 10.0. The van der Waals surface area contributed by atoms with E-state index in [9.17, 15) is 4.39 Å². The van der Waals surface area contributed by atoms with E-state index in [-0.39, 0.29) is 4.47 Å². The van der Waals surface area contributed by atoms with E-state index >= 15 is 0 Å². The minimum Gasteiger partial charge on any atom is -0.205 e.